The Morgan fingerprint density at radius 3 is 2.55 bits per heavy atom. The molecular formula is C29H28N4O3S2. The molecule has 3 heterocycles. The molecule has 3 aromatic carbocycles. The first kappa shape index (κ1) is 26.0. The number of phenols is 1. The number of aromatic nitrogens is 1. The van der Waals surface area contributed by atoms with Crippen LogP contribution in [0, 0.1) is 0 Å². The Morgan fingerprint density at radius 1 is 1.05 bits per heavy atom. The second-order valence-electron chi connectivity index (χ2n) is 9.13. The second kappa shape index (κ2) is 11.8. The monoisotopic (exact) mass is 544 g/mol. The van der Waals surface area contributed by atoms with E-state index in [1.54, 1.807) is 48.7 Å². The van der Waals surface area contributed by atoms with E-state index < -0.39 is 0 Å². The zero-order valence-corrected chi connectivity index (χ0v) is 22.6. The van der Waals surface area contributed by atoms with Crippen molar-refractivity contribution >= 4 is 40.6 Å². The van der Waals surface area contributed by atoms with Crippen LogP contribution in [0.2, 0.25) is 0 Å². The highest BCUT2D eigenvalue weighted by molar-refractivity contribution is 7.99. The molecule has 2 aliphatic heterocycles. The van der Waals surface area contributed by atoms with Gasteiger partial charge in [0.05, 0.1) is 17.8 Å². The van der Waals surface area contributed by atoms with Crippen molar-refractivity contribution in [2.24, 2.45) is 0 Å². The Bertz CT molecular complexity index is 1450. The van der Waals surface area contributed by atoms with Crippen LogP contribution in [0.15, 0.2) is 82.7 Å². The zero-order valence-electron chi connectivity index (χ0n) is 20.9. The van der Waals surface area contributed by atoms with E-state index in [1.165, 1.54) is 49.0 Å². The maximum Gasteiger partial charge on any atom is 0.256 e. The van der Waals surface area contributed by atoms with Crippen LogP contribution in [0.25, 0.3) is 10.6 Å². The van der Waals surface area contributed by atoms with Crippen molar-refractivity contribution in [3.8, 4) is 16.3 Å². The van der Waals surface area contributed by atoms with Crippen molar-refractivity contribution in [2.45, 2.75) is 29.2 Å². The largest absolute Gasteiger partial charge is 0.508 e. The second-order valence-corrected chi connectivity index (χ2v) is 11.3. The molecule has 6 rings (SSSR count). The van der Waals surface area contributed by atoms with E-state index in [-0.39, 0.29) is 17.6 Å². The quantitative estimate of drug-likeness (QED) is 0.297. The number of amides is 2. The third kappa shape index (κ3) is 6.24. The number of thiazole rings is 1. The van der Waals surface area contributed by atoms with Gasteiger partial charge in [-0.1, -0.05) is 23.9 Å². The predicted octanol–water partition coefficient (Wildman–Crippen LogP) is 5.87. The average molecular weight is 545 g/mol. The zero-order chi connectivity index (χ0) is 26.5. The Kier molecular flexibility index (Phi) is 8.07. The summed E-state index contributed by atoms with van der Waals surface area (Å²) in [5.41, 5.74) is 2.62. The average Bonchev–Trinajstić information content (AvgIpc) is 3.58. The fourth-order valence-corrected chi connectivity index (χ4v) is 6.05. The first-order chi connectivity index (χ1) is 18.5. The molecule has 0 saturated carbocycles. The van der Waals surface area contributed by atoms with Crippen LogP contribution in [0.5, 0.6) is 5.75 Å². The third-order valence-corrected chi connectivity index (χ3v) is 8.46. The molecule has 1 saturated heterocycles. The summed E-state index contributed by atoms with van der Waals surface area (Å²) in [5, 5.41) is 16.1. The number of hydrogen-bond acceptors (Lipinski definition) is 7. The van der Waals surface area contributed by atoms with Gasteiger partial charge in [0.15, 0.2) is 0 Å². The number of hydrogen-bond donors (Lipinski definition) is 3. The van der Waals surface area contributed by atoms with Crippen molar-refractivity contribution in [2.75, 3.05) is 25.5 Å². The molecule has 0 unspecified atom stereocenters. The molecule has 0 bridgehead atoms. The van der Waals surface area contributed by atoms with E-state index in [0.29, 0.717) is 23.4 Å². The van der Waals surface area contributed by atoms with Gasteiger partial charge in [-0.25, -0.2) is 4.98 Å². The van der Waals surface area contributed by atoms with Gasteiger partial charge in [0.1, 0.15) is 10.8 Å². The normalized spacial score (nSPS) is 14.4. The Hall–Kier alpha value is -3.66. The molecule has 1 fully saturated rings. The fraction of sp³-hybridized carbons (Fsp3) is 0.207. The Balaban J connectivity index is 0.000000433. The summed E-state index contributed by atoms with van der Waals surface area (Å²) >= 11 is 2.98. The molecule has 0 atom stereocenters. The van der Waals surface area contributed by atoms with Gasteiger partial charge in [-0.3, -0.25) is 9.59 Å². The molecular weight excluding hydrogens is 516 g/mol. The van der Waals surface area contributed by atoms with Crippen LogP contribution in [0.1, 0.15) is 38.4 Å². The van der Waals surface area contributed by atoms with Gasteiger partial charge in [-0.15, -0.1) is 11.3 Å². The summed E-state index contributed by atoms with van der Waals surface area (Å²) in [5.74, 6) is -0.207. The summed E-state index contributed by atoms with van der Waals surface area (Å²) in [4.78, 5) is 34.7. The molecule has 7 nitrogen and oxygen atoms in total. The summed E-state index contributed by atoms with van der Waals surface area (Å²) in [6.07, 6.45) is 4.56. The maximum atomic E-state index is 12.7. The van der Waals surface area contributed by atoms with Gasteiger partial charge in [0, 0.05) is 32.0 Å². The van der Waals surface area contributed by atoms with Crippen LogP contribution in [0.4, 0.5) is 5.69 Å². The van der Waals surface area contributed by atoms with Crippen molar-refractivity contribution in [1.29, 1.82) is 0 Å². The molecule has 2 aliphatic rings. The molecule has 0 spiro atoms. The fourth-order valence-electron chi connectivity index (χ4n) is 4.18. The molecule has 38 heavy (non-hydrogen) atoms. The van der Waals surface area contributed by atoms with Gasteiger partial charge in [0.25, 0.3) is 11.8 Å². The molecule has 0 aliphatic carbocycles. The highest BCUT2D eigenvalue weighted by Gasteiger charge is 2.20. The van der Waals surface area contributed by atoms with Gasteiger partial charge < -0.3 is 20.6 Å². The smallest absolute Gasteiger partial charge is 0.256 e. The van der Waals surface area contributed by atoms with Crippen molar-refractivity contribution in [3.05, 3.63) is 88.9 Å². The van der Waals surface area contributed by atoms with Crippen molar-refractivity contribution in [1.82, 2.24) is 15.2 Å². The van der Waals surface area contributed by atoms with Gasteiger partial charge in [0.2, 0.25) is 0 Å². The van der Waals surface area contributed by atoms with Crippen LogP contribution in [0.3, 0.4) is 0 Å². The highest BCUT2D eigenvalue weighted by atomic mass is 32.2. The number of likely N-dealkylation sites (tertiary alicyclic amines) is 1. The van der Waals surface area contributed by atoms with Gasteiger partial charge in [-0.2, -0.15) is 0 Å². The van der Waals surface area contributed by atoms with E-state index in [2.05, 4.69) is 27.6 Å². The molecule has 3 N–H and O–H groups in total. The number of phenolic OH excluding ortho intramolecular Hbond substituents is 1. The van der Waals surface area contributed by atoms with E-state index in [0.717, 1.165) is 25.2 Å². The lowest BCUT2D eigenvalue weighted by atomic mass is 10.1. The van der Waals surface area contributed by atoms with Crippen molar-refractivity contribution in [3.63, 3.8) is 0 Å². The lowest BCUT2D eigenvalue weighted by Gasteiger charge is -2.09. The third-order valence-electron chi connectivity index (χ3n) is 6.26. The first-order valence-electron chi connectivity index (χ1n) is 12.4. The number of carbonyl (C=O) groups is 2. The molecule has 194 valence electrons. The lowest BCUT2D eigenvalue weighted by molar-refractivity contribution is 0.0949. The van der Waals surface area contributed by atoms with Gasteiger partial charge >= 0.3 is 0 Å². The number of carbonyl (C=O) groups excluding carboxylic acids is 2. The lowest BCUT2D eigenvalue weighted by Crippen LogP contribution is -2.22. The van der Waals surface area contributed by atoms with Crippen LogP contribution >= 0.6 is 23.1 Å². The van der Waals surface area contributed by atoms with Crippen LogP contribution in [-0.2, 0) is 6.54 Å². The summed E-state index contributed by atoms with van der Waals surface area (Å²) in [7, 11) is 2.17. The molecule has 9 heteroatoms. The Morgan fingerprint density at radius 2 is 1.82 bits per heavy atom. The van der Waals surface area contributed by atoms with E-state index in [1.807, 2.05) is 24.3 Å². The molecule has 1 aromatic heterocycles. The van der Waals surface area contributed by atoms with Crippen molar-refractivity contribution < 1.29 is 14.7 Å². The number of benzene rings is 3. The summed E-state index contributed by atoms with van der Waals surface area (Å²) in [6, 6.07) is 19.6. The maximum absolute atomic E-state index is 12.7. The van der Waals surface area contributed by atoms with E-state index in [4.69, 9.17) is 0 Å². The van der Waals surface area contributed by atoms with Gasteiger partial charge in [-0.05, 0) is 87.6 Å². The van der Waals surface area contributed by atoms with E-state index >= 15 is 0 Å². The predicted molar refractivity (Wildman–Crippen MR) is 152 cm³/mol. The minimum Gasteiger partial charge on any atom is -0.508 e. The van der Waals surface area contributed by atoms with Crippen LogP contribution < -0.4 is 10.6 Å². The molecule has 4 aromatic rings. The summed E-state index contributed by atoms with van der Waals surface area (Å²) < 4.78 is 0. The first-order valence-corrected chi connectivity index (χ1v) is 14.0. The van der Waals surface area contributed by atoms with E-state index in [9.17, 15) is 14.7 Å². The summed E-state index contributed by atoms with van der Waals surface area (Å²) in [6.45, 7) is 2.98. The van der Waals surface area contributed by atoms with Crippen LogP contribution in [-0.4, -0.2) is 46.9 Å². The topological polar surface area (TPSA) is 94.6 Å². The molecule has 2 amide bonds. The number of fused-ring (bicyclic) bond motifs is 2. The molecule has 0 radical (unpaired) electrons. The minimum absolute atomic E-state index is 0.184. The minimum atomic E-state index is -0.228. The highest BCUT2D eigenvalue weighted by Crippen LogP contribution is 2.39. The standard InChI is InChI=1S/C24H17N3O3S2.C5H11N/c28-16-8-5-14(6-9-16)24-26-13-17(31-24)12-25-22(29)15-7-10-21-19(11-15)27-23(30)18-3-1-2-4-20(18)32-21;1-6-4-2-3-5-6/h1-11,13,28H,12H2,(H,25,29)(H,27,30);2-5H2,1H3. The SMILES string of the molecule is CN1CCCC1.O=C(NCc1cnc(-c2ccc(O)cc2)s1)c1ccc2c(c1)NC(=O)c1ccccc1S2. The Labute approximate surface area is 229 Å². The number of anilines is 1. The number of aromatic hydroxyl groups is 1. The number of rotatable bonds is 4. The number of nitrogens with zero attached hydrogens (tertiary/aromatic N) is 2. The number of nitrogens with one attached hydrogen (secondary N) is 2.